The monoisotopic (exact) mass is 328 g/mol. The Labute approximate surface area is 131 Å². The number of benzene rings is 1. The lowest BCUT2D eigenvalue weighted by atomic mass is 9.96. The number of hydrogen-bond donors (Lipinski definition) is 2. The van der Waals surface area contributed by atoms with E-state index in [-0.39, 0.29) is 10.9 Å². The Morgan fingerprint density at radius 1 is 1.19 bits per heavy atom. The highest BCUT2D eigenvalue weighted by molar-refractivity contribution is 7.99. The van der Waals surface area contributed by atoms with Crippen LogP contribution in [0.15, 0.2) is 17.0 Å². The van der Waals surface area contributed by atoms with Gasteiger partial charge in [0.2, 0.25) is 10.0 Å². The second kappa shape index (κ2) is 6.58. The Kier molecular flexibility index (Phi) is 5.22. The van der Waals surface area contributed by atoms with Gasteiger partial charge in [0.25, 0.3) is 0 Å². The molecule has 1 fully saturated rings. The topological polar surface area (TPSA) is 72.2 Å². The van der Waals surface area contributed by atoms with Gasteiger partial charge in [-0.15, -0.1) is 0 Å². The average molecular weight is 329 g/mol. The maximum absolute atomic E-state index is 12.5. The number of nitrogens with two attached hydrogens (primary N) is 1. The van der Waals surface area contributed by atoms with Crippen LogP contribution in [0.1, 0.15) is 36.8 Å². The van der Waals surface area contributed by atoms with Gasteiger partial charge in [0, 0.05) is 17.0 Å². The van der Waals surface area contributed by atoms with Gasteiger partial charge in [0.1, 0.15) is 0 Å². The molecule has 1 saturated carbocycles. The zero-order chi connectivity index (χ0) is 15.6. The maximum Gasteiger partial charge on any atom is 0.240 e. The quantitative estimate of drug-likeness (QED) is 0.834. The van der Waals surface area contributed by atoms with Gasteiger partial charge in [-0.3, -0.25) is 0 Å². The first kappa shape index (κ1) is 16.6. The number of sulfonamides is 1. The third-order valence-electron chi connectivity index (χ3n) is 4.32. The maximum atomic E-state index is 12.5. The molecular formula is C15H24N2O2S2. The number of hydrogen-bond acceptors (Lipinski definition) is 4. The minimum atomic E-state index is -3.48. The van der Waals surface area contributed by atoms with Gasteiger partial charge in [-0.2, -0.15) is 11.8 Å². The number of nitrogens with one attached hydrogen (secondary N) is 1. The molecule has 0 saturated heterocycles. The van der Waals surface area contributed by atoms with Crippen LogP contribution in [-0.4, -0.2) is 26.0 Å². The molecule has 0 amide bonds. The predicted octanol–water partition coefficient (Wildman–Crippen LogP) is 2.84. The highest BCUT2D eigenvalue weighted by atomic mass is 32.2. The van der Waals surface area contributed by atoms with Crippen LogP contribution in [0.3, 0.4) is 0 Å². The largest absolute Gasteiger partial charge is 0.398 e. The lowest BCUT2D eigenvalue weighted by Crippen LogP contribution is -2.38. The summed E-state index contributed by atoms with van der Waals surface area (Å²) in [4.78, 5) is 0.273. The van der Waals surface area contributed by atoms with Gasteiger partial charge in [0.15, 0.2) is 0 Å². The molecule has 3 N–H and O–H groups in total. The van der Waals surface area contributed by atoms with Crippen molar-refractivity contribution in [3.63, 3.8) is 0 Å². The van der Waals surface area contributed by atoms with Crippen LogP contribution in [0, 0.1) is 13.8 Å². The van der Waals surface area contributed by atoms with Crippen LogP contribution >= 0.6 is 11.8 Å². The summed E-state index contributed by atoms with van der Waals surface area (Å²) in [6, 6.07) is 3.29. The van der Waals surface area contributed by atoms with Crippen LogP contribution in [0.2, 0.25) is 0 Å². The van der Waals surface area contributed by atoms with Crippen molar-refractivity contribution in [1.82, 2.24) is 4.72 Å². The molecule has 1 aromatic carbocycles. The molecule has 1 aliphatic rings. The fourth-order valence-electron chi connectivity index (χ4n) is 2.71. The summed E-state index contributed by atoms with van der Waals surface area (Å²) in [6.07, 6.45) is 6.08. The second-order valence-corrected chi connectivity index (χ2v) is 8.64. The smallest absolute Gasteiger partial charge is 0.240 e. The second-order valence-electron chi connectivity index (χ2n) is 5.79. The van der Waals surface area contributed by atoms with E-state index in [1.54, 1.807) is 12.1 Å². The molecule has 1 aliphatic carbocycles. The van der Waals surface area contributed by atoms with E-state index in [4.69, 9.17) is 5.73 Å². The third-order valence-corrected chi connectivity index (χ3v) is 6.96. The molecule has 0 heterocycles. The van der Waals surface area contributed by atoms with E-state index in [2.05, 4.69) is 11.0 Å². The lowest BCUT2D eigenvalue weighted by molar-refractivity contribution is 0.420. The molecule has 4 nitrogen and oxygen atoms in total. The SMILES string of the molecule is CSC1CCC(NS(=O)(=O)c2cc(C)c(C)c(N)c2)CC1. The summed E-state index contributed by atoms with van der Waals surface area (Å²) >= 11 is 1.87. The van der Waals surface area contributed by atoms with Crippen molar-refractivity contribution in [3.05, 3.63) is 23.3 Å². The molecule has 2 rings (SSSR count). The van der Waals surface area contributed by atoms with Crippen LogP contribution in [0.4, 0.5) is 5.69 Å². The summed E-state index contributed by atoms with van der Waals surface area (Å²) in [5.41, 5.74) is 8.27. The Bertz CT molecular complexity index is 583. The van der Waals surface area contributed by atoms with Gasteiger partial charge >= 0.3 is 0 Å². The van der Waals surface area contributed by atoms with E-state index in [0.717, 1.165) is 36.8 Å². The molecule has 6 heteroatoms. The van der Waals surface area contributed by atoms with Crippen molar-refractivity contribution in [1.29, 1.82) is 0 Å². The Hall–Kier alpha value is -0.720. The third kappa shape index (κ3) is 3.93. The molecule has 0 spiro atoms. The highest BCUT2D eigenvalue weighted by Gasteiger charge is 2.25. The Morgan fingerprint density at radius 3 is 2.33 bits per heavy atom. The summed E-state index contributed by atoms with van der Waals surface area (Å²) in [6.45, 7) is 3.78. The normalized spacial score (nSPS) is 23.2. The van der Waals surface area contributed by atoms with E-state index < -0.39 is 10.0 Å². The summed E-state index contributed by atoms with van der Waals surface area (Å²) in [5, 5.41) is 0.669. The zero-order valence-electron chi connectivity index (χ0n) is 12.8. The summed E-state index contributed by atoms with van der Waals surface area (Å²) in [5.74, 6) is 0. The Balaban J connectivity index is 2.12. The first-order valence-corrected chi connectivity index (χ1v) is 10.0. The zero-order valence-corrected chi connectivity index (χ0v) is 14.5. The van der Waals surface area contributed by atoms with E-state index in [1.807, 2.05) is 25.6 Å². The fraction of sp³-hybridized carbons (Fsp3) is 0.600. The van der Waals surface area contributed by atoms with E-state index in [0.29, 0.717) is 10.9 Å². The minimum Gasteiger partial charge on any atom is -0.398 e. The van der Waals surface area contributed by atoms with E-state index in [9.17, 15) is 8.42 Å². The number of rotatable bonds is 4. The standard InChI is InChI=1S/C15H24N2O2S2/c1-10-8-14(9-15(16)11(10)2)21(18,19)17-12-4-6-13(20-3)7-5-12/h8-9,12-13,17H,4-7,16H2,1-3H3. The van der Waals surface area contributed by atoms with Crippen LogP contribution in [0.5, 0.6) is 0 Å². The van der Waals surface area contributed by atoms with Crippen molar-refractivity contribution >= 4 is 27.5 Å². The van der Waals surface area contributed by atoms with E-state index in [1.165, 1.54) is 0 Å². The molecule has 0 atom stereocenters. The number of nitrogen functional groups attached to an aromatic ring is 1. The van der Waals surface area contributed by atoms with Crippen molar-refractivity contribution in [3.8, 4) is 0 Å². The van der Waals surface area contributed by atoms with E-state index >= 15 is 0 Å². The van der Waals surface area contributed by atoms with Crippen molar-refractivity contribution in [2.75, 3.05) is 12.0 Å². The lowest BCUT2D eigenvalue weighted by Gasteiger charge is -2.28. The number of aryl methyl sites for hydroxylation is 1. The van der Waals surface area contributed by atoms with Gasteiger partial charge < -0.3 is 5.73 Å². The van der Waals surface area contributed by atoms with Crippen LogP contribution in [0.25, 0.3) is 0 Å². The molecule has 0 bridgehead atoms. The summed E-state index contributed by atoms with van der Waals surface area (Å²) < 4.78 is 27.8. The minimum absolute atomic E-state index is 0.0428. The summed E-state index contributed by atoms with van der Waals surface area (Å²) in [7, 11) is -3.48. The molecule has 21 heavy (non-hydrogen) atoms. The molecule has 0 aliphatic heterocycles. The fourth-order valence-corrected chi connectivity index (χ4v) is 4.88. The van der Waals surface area contributed by atoms with Crippen molar-refractivity contribution in [2.24, 2.45) is 0 Å². The predicted molar refractivity (Wildman–Crippen MR) is 90.2 cm³/mol. The number of thioether (sulfide) groups is 1. The van der Waals surface area contributed by atoms with Gasteiger partial charge in [-0.1, -0.05) is 0 Å². The van der Waals surface area contributed by atoms with Gasteiger partial charge in [-0.05, 0) is 69.0 Å². The number of anilines is 1. The molecule has 0 aromatic heterocycles. The van der Waals surface area contributed by atoms with Gasteiger partial charge in [0.05, 0.1) is 4.90 Å². The van der Waals surface area contributed by atoms with Crippen molar-refractivity contribution in [2.45, 2.75) is 55.7 Å². The van der Waals surface area contributed by atoms with Gasteiger partial charge in [-0.25, -0.2) is 13.1 Å². The average Bonchev–Trinajstić information content (AvgIpc) is 2.44. The molecule has 1 aromatic rings. The molecule has 118 valence electrons. The molecular weight excluding hydrogens is 304 g/mol. The van der Waals surface area contributed by atoms with Crippen LogP contribution in [-0.2, 0) is 10.0 Å². The van der Waals surface area contributed by atoms with Crippen LogP contribution < -0.4 is 10.5 Å². The first-order valence-electron chi connectivity index (χ1n) is 7.25. The molecule has 0 radical (unpaired) electrons. The first-order chi connectivity index (χ1) is 9.83. The molecule has 0 unspecified atom stereocenters. The Morgan fingerprint density at radius 2 is 1.81 bits per heavy atom. The highest BCUT2D eigenvalue weighted by Crippen LogP contribution is 2.28. The van der Waals surface area contributed by atoms with Crippen molar-refractivity contribution < 1.29 is 8.42 Å².